The fraction of sp³-hybridized carbons (Fsp3) is 0.571. The van der Waals surface area contributed by atoms with Gasteiger partial charge in [0.15, 0.2) is 0 Å². The van der Waals surface area contributed by atoms with E-state index in [1.54, 1.807) is 19.1 Å². The van der Waals surface area contributed by atoms with Gasteiger partial charge in [0.05, 0.1) is 4.90 Å². The SMILES string of the molecule is Cc1ccc(N)cc1S(=O)(=O)N1CCCC(CCO)C1. The third-order valence-corrected chi connectivity index (χ3v) is 5.86. The lowest BCUT2D eigenvalue weighted by atomic mass is 9.97. The summed E-state index contributed by atoms with van der Waals surface area (Å²) in [7, 11) is -3.49. The van der Waals surface area contributed by atoms with Gasteiger partial charge in [-0.1, -0.05) is 6.07 Å². The van der Waals surface area contributed by atoms with E-state index < -0.39 is 10.0 Å². The van der Waals surface area contributed by atoms with Gasteiger partial charge in [-0.15, -0.1) is 0 Å². The molecule has 6 heteroatoms. The van der Waals surface area contributed by atoms with E-state index in [4.69, 9.17) is 10.8 Å². The van der Waals surface area contributed by atoms with Crippen LogP contribution >= 0.6 is 0 Å². The molecule has 20 heavy (non-hydrogen) atoms. The topological polar surface area (TPSA) is 83.6 Å². The third-order valence-electron chi connectivity index (χ3n) is 3.85. The Morgan fingerprint density at radius 2 is 2.20 bits per heavy atom. The largest absolute Gasteiger partial charge is 0.399 e. The fourth-order valence-corrected chi connectivity index (χ4v) is 4.51. The van der Waals surface area contributed by atoms with E-state index in [1.807, 2.05) is 0 Å². The quantitative estimate of drug-likeness (QED) is 0.822. The Kier molecular flexibility index (Phi) is 4.67. The van der Waals surface area contributed by atoms with Crippen LogP contribution in [0.1, 0.15) is 24.8 Å². The number of hydrogen-bond donors (Lipinski definition) is 2. The number of rotatable bonds is 4. The minimum atomic E-state index is -3.49. The first-order valence-corrected chi connectivity index (χ1v) is 8.36. The highest BCUT2D eigenvalue weighted by atomic mass is 32.2. The van der Waals surface area contributed by atoms with Crippen LogP contribution in [0.3, 0.4) is 0 Å². The molecule has 1 heterocycles. The van der Waals surface area contributed by atoms with Gasteiger partial charge in [-0.05, 0) is 49.8 Å². The number of hydrogen-bond acceptors (Lipinski definition) is 4. The van der Waals surface area contributed by atoms with E-state index in [0.717, 1.165) is 12.8 Å². The zero-order chi connectivity index (χ0) is 14.8. The lowest BCUT2D eigenvalue weighted by molar-refractivity contribution is 0.203. The number of aryl methyl sites for hydroxylation is 1. The normalized spacial score (nSPS) is 21.0. The molecule has 1 unspecified atom stereocenters. The number of piperidine rings is 1. The van der Waals surface area contributed by atoms with E-state index >= 15 is 0 Å². The summed E-state index contributed by atoms with van der Waals surface area (Å²) in [4.78, 5) is 0.294. The summed E-state index contributed by atoms with van der Waals surface area (Å²) in [6.07, 6.45) is 2.47. The maximum absolute atomic E-state index is 12.7. The molecule has 1 aliphatic heterocycles. The molecule has 1 saturated heterocycles. The summed E-state index contributed by atoms with van der Waals surface area (Å²) in [5, 5.41) is 9.02. The molecule has 1 fully saturated rings. The van der Waals surface area contributed by atoms with Crippen LogP contribution in [0.5, 0.6) is 0 Å². The molecule has 3 N–H and O–H groups in total. The van der Waals surface area contributed by atoms with Crippen molar-refractivity contribution in [3.05, 3.63) is 23.8 Å². The van der Waals surface area contributed by atoms with Crippen LogP contribution in [-0.2, 0) is 10.0 Å². The average molecular weight is 298 g/mol. The molecule has 0 amide bonds. The van der Waals surface area contributed by atoms with Crippen molar-refractivity contribution in [1.82, 2.24) is 4.31 Å². The van der Waals surface area contributed by atoms with Gasteiger partial charge in [0.25, 0.3) is 0 Å². The average Bonchev–Trinajstić information content (AvgIpc) is 2.42. The van der Waals surface area contributed by atoms with E-state index in [9.17, 15) is 8.42 Å². The summed E-state index contributed by atoms with van der Waals surface area (Å²) < 4.78 is 27.0. The molecule has 0 bridgehead atoms. The molecule has 0 spiro atoms. The van der Waals surface area contributed by atoms with Crippen molar-refractivity contribution in [1.29, 1.82) is 0 Å². The van der Waals surface area contributed by atoms with Crippen molar-refractivity contribution in [2.75, 3.05) is 25.4 Å². The van der Waals surface area contributed by atoms with Gasteiger partial charge in [0, 0.05) is 25.4 Å². The van der Waals surface area contributed by atoms with E-state index in [2.05, 4.69) is 0 Å². The standard InChI is InChI=1S/C14H22N2O3S/c1-11-4-5-13(15)9-14(11)20(18,19)16-7-2-3-12(10-16)6-8-17/h4-5,9,12,17H,2-3,6-8,10,15H2,1H3. The fourth-order valence-electron chi connectivity index (χ4n) is 2.70. The van der Waals surface area contributed by atoms with Gasteiger partial charge in [-0.3, -0.25) is 0 Å². The molecule has 0 aromatic heterocycles. The molecule has 1 aromatic rings. The van der Waals surface area contributed by atoms with Gasteiger partial charge >= 0.3 is 0 Å². The predicted octanol–water partition coefficient (Wildman–Crippen LogP) is 1.36. The molecular weight excluding hydrogens is 276 g/mol. The minimum Gasteiger partial charge on any atom is -0.399 e. The Labute approximate surface area is 120 Å². The summed E-state index contributed by atoms with van der Waals surface area (Å²) in [5.74, 6) is 0.241. The molecule has 1 aromatic carbocycles. The number of benzene rings is 1. The Bertz CT molecular complexity index is 570. The van der Waals surface area contributed by atoms with E-state index in [-0.39, 0.29) is 12.5 Å². The van der Waals surface area contributed by atoms with Gasteiger partial charge in [-0.2, -0.15) is 4.31 Å². The number of nitrogens with two attached hydrogens (primary N) is 1. The smallest absolute Gasteiger partial charge is 0.243 e. The van der Waals surface area contributed by atoms with Crippen LogP contribution in [-0.4, -0.2) is 37.5 Å². The summed E-state index contributed by atoms with van der Waals surface area (Å²) in [6, 6.07) is 4.97. The van der Waals surface area contributed by atoms with Crippen LogP contribution in [0, 0.1) is 12.8 Å². The second kappa shape index (κ2) is 6.11. The Morgan fingerprint density at radius 3 is 2.90 bits per heavy atom. The number of anilines is 1. The second-order valence-electron chi connectivity index (χ2n) is 5.41. The number of aliphatic hydroxyl groups is 1. The van der Waals surface area contributed by atoms with E-state index in [1.165, 1.54) is 10.4 Å². The van der Waals surface area contributed by atoms with Crippen LogP contribution in [0.25, 0.3) is 0 Å². The Balaban J connectivity index is 2.27. The highest BCUT2D eigenvalue weighted by Crippen LogP contribution is 2.27. The monoisotopic (exact) mass is 298 g/mol. The molecule has 112 valence electrons. The summed E-state index contributed by atoms with van der Waals surface area (Å²) >= 11 is 0. The minimum absolute atomic E-state index is 0.107. The zero-order valence-electron chi connectivity index (χ0n) is 11.7. The molecule has 2 rings (SSSR count). The Hall–Kier alpha value is -1.11. The number of sulfonamides is 1. The lowest BCUT2D eigenvalue weighted by Crippen LogP contribution is -2.40. The van der Waals surface area contributed by atoms with Crippen LogP contribution in [0.15, 0.2) is 23.1 Å². The summed E-state index contributed by atoms with van der Waals surface area (Å²) in [6.45, 7) is 2.91. The molecular formula is C14H22N2O3S. The van der Waals surface area contributed by atoms with Gasteiger partial charge in [-0.25, -0.2) is 8.42 Å². The highest BCUT2D eigenvalue weighted by molar-refractivity contribution is 7.89. The van der Waals surface area contributed by atoms with Crippen molar-refractivity contribution >= 4 is 15.7 Å². The maximum atomic E-state index is 12.7. The van der Waals surface area contributed by atoms with Crippen molar-refractivity contribution in [2.45, 2.75) is 31.1 Å². The van der Waals surface area contributed by atoms with Gasteiger partial charge in [0.2, 0.25) is 10.0 Å². The number of nitrogens with zero attached hydrogens (tertiary/aromatic N) is 1. The summed E-state index contributed by atoms with van der Waals surface area (Å²) in [5.41, 5.74) is 6.88. The third kappa shape index (κ3) is 3.13. The number of nitrogen functional groups attached to an aromatic ring is 1. The lowest BCUT2D eigenvalue weighted by Gasteiger charge is -2.32. The zero-order valence-corrected chi connectivity index (χ0v) is 12.6. The number of aliphatic hydroxyl groups excluding tert-OH is 1. The first-order chi connectivity index (χ1) is 9.45. The molecule has 1 aliphatic rings. The van der Waals surface area contributed by atoms with Gasteiger partial charge in [0.1, 0.15) is 0 Å². The van der Waals surface area contributed by atoms with Gasteiger partial charge < -0.3 is 10.8 Å². The van der Waals surface area contributed by atoms with Crippen molar-refractivity contribution in [2.24, 2.45) is 5.92 Å². The van der Waals surface area contributed by atoms with Crippen LogP contribution in [0.4, 0.5) is 5.69 Å². The van der Waals surface area contributed by atoms with E-state index in [0.29, 0.717) is 35.7 Å². The highest BCUT2D eigenvalue weighted by Gasteiger charge is 2.31. The first kappa shape index (κ1) is 15.3. The predicted molar refractivity (Wildman–Crippen MR) is 78.8 cm³/mol. The van der Waals surface area contributed by atoms with Crippen molar-refractivity contribution in [3.8, 4) is 0 Å². The molecule has 0 saturated carbocycles. The van der Waals surface area contributed by atoms with Crippen molar-refractivity contribution in [3.63, 3.8) is 0 Å². The van der Waals surface area contributed by atoms with Crippen LogP contribution in [0.2, 0.25) is 0 Å². The van der Waals surface area contributed by atoms with Crippen molar-refractivity contribution < 1.29 is 13.5 Å². The van der Waals surface area contributed by atoms with Crippen LogP contribution < -0.4 is 5.73 Å². The second-order valence-corrected chi connectivity index (χ2v) is 7.31. The molecule has 5 nitrogen and oxygen atoms in total. The first-order valence-electron chi connectivity index (χ1n) is 6.92. The molecule has 0 radical (unpaired) electrons. The molecule has 0 aliphatic carbocycles. The Morgan fingerprint density at radius 1 is 1.45 bits per heavy atom. The molecule has 1 atom stereocenters. The maximum Gasteiger partial charge on any atom is 0.243 e.